The number of urea groups is 1. The molecule has 3 aromatic rings. The van der Waals surface area contributed by atoms with Crippen molar-refractivity contribution in [3.8, 4) is 0 Å². The molecule has 2 aromatic carbocycles. The Morgan fingerprint density at radius 2 is 1.87 bits per heavy atom. The van der Waals surface area contributed by atoms with E-state index >= 15 is 0 Å². The Hall–Kier alpha value is -3.19. The molecule has 0 radical (unpaired) electrons. The van der Waals surface area contributed by atoms with Crippen molar-refractivity contribution in [1.29, 1.82) is 0 Å². The van der Waals surface area contributed by atoms with Crippen molar-refractivity contribution >= 4 is 29.0 Å². The lowest BCUT2D eigenvalue weighted by molar-refractivity contribution is -0.117. The molecule has 2 heterocycles. The maximum absolute atomic E-state index is 13.3. The van der Waals surface area contributed by atoms with Gasteiger partial charge in [-0.25, -0.2) is 9.18 Å². The third-order valence-corrected chi connectivity index (χ3v) is 6.02. The van der Waals surface area contributed by atoms with Gasteiger partial charge in [0.2, 0.25) is 5.91 Å². The van der Waals surface area contributed by atoms with Gasteiger partial charge in [-0.3, -0.25) is 4.79 Å². The molecule has 154 valence electrons. The van der Waals surface area contributed by atoms with E-state index in [1.807, 2.05) is 41.8 Å². The van der Waals surface area contributed by atoms with Crippen molar-refractivity contribution in [2.45, 2.75) is 25.4 Å². The van der Waals surface area contributed by atoms with E-state index in [2.05, 4.69) is 10.6 Å². The van der Waals surface area contributed by atoms with Crippen LogP contribution in [0.15, 0.2) is 66.0 Å². The van der Waals surface area contributed by atoms with Gasteiger partial charge in [-0.15, -0.1) is 11.3 Å². The van der Waals surface area contributed by atoms with Gasteiger partial charge in [0.25, 0.3) is 0 Å². The number of hydrogen-bond acceptors (Lipinski definition) is 3. The maximum Gasteiger partial charge on any atom is 0.315 e. The average Bonchev–Trinajstić information content (AvgIpc) is 3.44. The molecule has 0 spiro atoms. The number of anilines is 1. The van der Waals surface area contributed by atoms with E-state index < -0.39 is 0 Å². The van der Waals surface area contributed by atoms with Crippen LogP contribution in [-0.2, 0) is 11.3 Å². The van der Waals surface area contributed by atoms with Gasteiger partial charge >= 0.3 is 6.03 Å². The smallest absolute Gasteiger partial charge is 0.315 e. The maximum atomic E-state index is 13.3. The molecule has 1 fully saturated rings. The number of carbonyl (C=O) groups is 2. The summed E-state index contributed by atoms with van der Waals surface area (Å²) in [6.45, 7) is 1.12. The SMILES string of the molecule is O=C(NCc1ccc(N2CCCC2=O)cc1)NC(c1ccc(F)cc1)c1cccs1. The minimum Gasteiger partial charge on any atom is -0.334 e. The van der Waals surface area contributed by atoms with Crippen LogP contribution in [-0.4, -0.2) is 18.5 Å². The lowest BCUT2D eigenvalue weighted by Crippen LogP contribution is -2.37. The van der Waals surface area contributed by atoms with Gasteiger partial charge in [0, 0.05) is 30.1 Å². The van der Waals surface area contributed by atoms with Crippen LogP contribution >= 0.6 is 11.3 Å². The summed E-state index contributed by atoms with van der Waals surface area (Å²) in [5, 5.41) is 7.79. The van der Waals surface area contributed by atoms with E-state index in [0.717, 1.165) is 34.7 Å². The van der Waals surface area contributed by atoms with Crippen LogP contribution in [0.2, 0.25) is 0 Å². The predicted octanol–water partition coefficient (Wildman–Crippen LogP) is 4.60. The molecule has 3 amide bonds. The lowest BCUT2D eigenvalue weighted by Gasteiger charge is -2.19. The number of halogens is 1. The van der Waals surface area contributed by atoms with E-state index in [9.17, 15) is 14.0 Å². The molecule has 1 atom stereocenters. The van der Waals surface area contributed by atoms with Crippen LogP contribution in [0, 0.1) is 5.82 Å². The molecule has 30 heavy (non-hydrogen) atoms. The van der Waals surface area contributed by atoms with Gasteiger partial charge in [0.05, 0.1) is 6.04 Å². The second kappa shape index (κ2) is 9.09. The number of amides is 3. The number of hydrogen-bond donors (Lipinski definition) is 2. The third kappa shape index (κ3) is 4.68. The van der Waals surface area contributed by atoms with Gasteiger partial charge < -0.3 is 15.5 Å². The first-order chi connectivity index (χ1) is 14.6. The standard InChI is InChI=1S/C23H22FN3O2S/c24-18-9-7-17(8-10-18)22(20-3-2-14-30-20)26-23(29)25-15-16-5-11-19(12-6-16)27-13-1-4-21(27)28/h2-3,5-12,14,22H,1,4,13,15H2,(H2,25,26,29). The molecule has 0 saturated carbocycles. The zero-order valence-corrected chi connectivity index (χ0v) is 17.1. The Morgan fingerprint density at radius 3 is 2.50 bits per heavy atom. The fourth-order valence-corrected chi connectivity index (χ4v) is 4.31. The summed E-state index contributed by atoms with van der Waals surface area (Å²) >= 11 is 1.53. The first kappa shape index (κ1) is 20.1. The quantitative estimate of drug-likeness (QED) is 0.609. The normalized spacial score (nSPS) is 14.6. The molecule has 1 saturated heterocycles. The molecule has 5 nitrogen and oxygen atoms in total. The second-order valence-electron chi connectivity index (χ2n) is 7.14. The monoisotopic (exact) mass is 423 g/mol. The fraction of sp³-hybridized carbons (Fsp3) is 0.217. The van der Waals surface area contributed by atoms with Crippen molar-refractivity contribution in [1.82, 2.24) is 10.6 Å². The minimum absolute atomic E-state index is 0.153. The average molecular weight is 424 g/mol. The van der Waals surface area contributed by atoms with Crippen molar-refractivity contribution < 1.29 is 14.0 Å². The van der Waals surface area contributed by atoms with E-state index in [0.29, 0.717) is 13.0 Å². The van der Waals surface area contributed by atoms with Crippen LogP contribution in [0.25, 0.3) is 0 Å². The van der Waals surface area contributed by atoms with E-state index in [-0.39, 0.29) is 23.8 Å². The Balaban J connectivity index is 1.38. The summed E-state index contributed by atoms with van der Waals surface area (Å²) in [5.41, 5.74) is 2.64. The Kier molecular flexibility index (Phi) is 6.09. The summed E-state index contributed by atoms with van der Waals surface area (Å²) in [6, 6.07) is 17.0. The van der Waals surface area contributed by atoms with Crippen LogP contribution in [0.5, 0.6) is 0 Å². The summed E-state index contributed by atoms with van der Waals surface area (Å²) in [7, 11) is 0. The van der Waals surface area contributed by atoms with Crippen LogP contribution < -0.4 is 15.5 Å². The molecule has 1 aliphatic heterocycles. The van der Waals surface area contributed by atoms with Crippen LogP contribution in [0.3, 0.4) is 0 Å². The Bertz CT molecular complexity index is 1000. The van der Waals surface area contributed by atoms with Crippen molar-refractivity contribution in [3.05, 3.63) is 87.9 Å². The Morgan fingerprint density at radius 1 is 1.10 bits per heavy atom. The van der Waals surface area contributed by atoms with E-state index in [1.54, 1.807) is 17.0 Å². The summed E-state index contributed by atoms with van der Waals surface area (Å²) in [6.07, 6.45) is 1.49. The predicted molar refractivity (Wildman–Crippen MR) is 116 cm³/mol. The molecule has 0 aliphatic carbocycles. The highest BCUT2D eigenvalue weighted by atomic mass is 32.1. The van der Waals surface area contributed by atoms with Gasteiger partial charge in [-0.2, -0.15) is 0 Å². The summed E-state index contributed by atoms with van der Waals surface area (Å²) in [5.74, 6) is -0.159. The summed E-state index contributed by atoms with van der Waals surface area (Å²) < 4.78 is 13.3. The van der Waals surface area contributed by atoms with Crippen LogP contribution in [0.4, 0.5) is 14.9 Å². The number of thiophene rings is 1. The minimum atomic E-state index is -0.353. The van der Waals surface area contributed by atoms with E-state index in [1.165, 1.54) is 23.5 Å². The van der Waals surface area contributed by atoms with Gasteiger partial charge in [0.1, 0.15) is 5.82 Å². The second-order valence-corrected chi connectivity index (χ2v) is 8.12. The van der Waals surface area contributed by atoms with Gasteiger partial charge in [-0.1, -0.05) is 30.3 Å². The molecule has 4 rings (SSSR count). The zero-order valence-electron chi connectivity index (χ0n) is 16.3. The summed E-state index contributed by atoms with van der Waals surface area (Å²) in [4.78, 5) is 27.1. The molecule has 0 bridgehead atoms. The molecule has 1 aliphatic rings. The number of rotatable bonds is 6. The number of nitrogens with zero attached hydrogens (tertiary/aromatic N) is 1. The van der Waals surface area contributed by atoms with Crippen molar-refractivity contribution in [3.63, 3.8) is 0 Å². The molecular formula is C23H22FN3O2S. The highest BCUT2D eigenvalue weighted by molar-refractivity contribution is 7.10. The number of carbonyl (C=O) groups excluding carboxylic acids is 2. The first-order valence-electron chi connectivity index (χ1n) is 9.83. The number of benzene rings is 2. The van der Waals surface area contributed by atoms with Gasteiger partial charge in [0.15, 0.2) is 0 Å². The first-order valence-corrected chi connectivity index (χ1v) is 10.7. The van der Waals surface area contributed by atoms with Crippen LogP contribution in [0.1, 0.15) is 34.9 Å². The fourth-order valence-electron chi connectivity index (χ4n) is 3.51. The zero-order chi connectivity index (χ0) is 20.9. The van der Waals surface area contributed by atoms with Crippen molar-refractivity contribution in [2.24, 2.45) is 0 Å². The highest BCUT2D eigenvalue weighted by Crippen LogP contribution is 2.26. The number of nitrogens with one attached hydrogen (secondary N) is 2. The Labute approximate surface area is 178 Å². The molecule has 2 N–H and O–H groups in total. The molecular weight excluding hydrogens is 401 g/mol. The third-order valence-electron chi connectivity index (χ3n) is 5.08. The highest BCUT2D eigenvalue weighted by Gasteiger charge is 2.21. The van der Waals surface area contributed by atoms with Crippen molar-refractivity contribution in [2.75, 3.05) is 11.4 Å². The van der Waals surface area contributed by atoms with E-state index in [4.69, 9.17) is 0 Å². The largest absolute Gasteiger partial charge is 0.334 e. The molecule has 1 aromatic heterocycles. The lowest BCUT2D eigenvalue weighted by atomic mass is 10.1. The molecule has 7 heteroatoms. The topological polar surface area (TPSA) is 61.4 Å². The molecule has 1 unspecified atom stereocenters. The van der Waals surface area contributed by atoms with Gasteiger partial charge in [-0.05, 0) is 53.3 Å².